The number of benzene rings is 1. The molecule has 7 nitrogen and oxygen atoms in total. The SMILES string of the molecule is O=C1NC(CC(=O)N2CCc3oc(CCc4cccnc4)nc3C2)c2ccccc21. The van der Waals surface area contributed by atoms with Crippen LogP contribution in [0.4, 0.5) is 0 Å². The van der Waals surface area contributed by atoms with Crippen molar-refractivity contribution < 1.29 is 14.0 Å². The maximum atomic E-state index is 12.9. The molecule has 0 aliphatic carbocycles. The molecule has 3 aromatic rings. The third-order valence-corrected chi connectivity index (χ3v) is 5.74. The summed E-state index contributed by atoms with van der Waals surface area (Å²) in [7, 11) is 0. The second-order valence-electron chi connectivity index (χ2n) is 7.72. The highest BCUT2D eigenvalue weighted by molar-refractivity contribution is 5.99. The summed E-state index contributed by atoms with van der Waals surface area (Å²) >= 11 is 0. The highest BCUT2D eigenvalue weighted by atomic mass is 16.4. The summed E-state index contributed by atoms with van der Waals surface area (Å²) in [6.07, 6.45) is 6.05. The first-order valence-electron chi connectivity index (χ1n) is 10.2. The molecule has 0 radical (unpaired) electrons. The highest BCUT2D eigenvalue weighted by Crippen LogP contribution is 2.29. The van der Waals surface area contributed by atoms with E-state index in [2.05, 4.69) is 15.3 Å². The number of nitrogens with zero attached hydrogens (tertiary/aromatic N) is 3. The lowest BCUT2D eigenvalue weighted by atomic mass is 10.0. The fraction of sp³-hybridized carbons (Fsp3) is 0.304. The van der Waals surface area contributed by atoms with E-state index in [0.29, 0.717) is 37.4 Å². The van der Waals surface area contributed by atoms with E-state index in [-0.39, 0.29) is 24.3 Å². The number of hydrogen-bond donors (Lipinski definition) is 1. The number of fused-ring (bicyclic) bond motifs is 2. The minimum Gasteiger partial charge on any atom is -0.445 e. The van der Waals surface area contributed by atoms with Crippen molar-refractivity contribution in [1.82, 2.24) is 20.2 Å². The molecule has 5 rings (SSSR count). The van der Waals surface area contributed by atoms with Crippen LogP contribution in [0.25, 0.3) is 0 Å². The summed E-state index contributed by atoms with van der Waals surface area (Å²) in [4.78, 5) is 35.6. The van der Waals surface area contributed by atoms with Gasteiger partial charge in [0.25, 0.3) is 5.91 Å². The van der Waals surface area contributed by atoms with Gasteiger partial charge in [-0.2, -0.15) is 0 Å². The number of carbonyl (C=O) groups excluding carboxylic acids is 2. The van der Waals surface area contributed by atoms with E-state index in [4.69, 9.17) is 4.42 Å². The Morgan fingerprint density at radius 3 is 2.97 bits per heavy atom. The summed E-state index contributed by atoms with van der Waals surface area (Å²) in [5, 5.41) is 2.92. The van der Waals surface area contributed by atoms with E-state index >= 15 is 0 Å². The monoisotopic (exact) mass is 402 g/mol. The first-order chi connectivity index (χ1) is 14.7. The fourth-order valence-electron chi connectivity index (χ4n) is 4.16. The van der Waals surface area contributed by atoms with Crippen LogP contribution in [0.3, 0.4) is 0 Å². The predicted octanol–water partition coefficient (Wildman–Crippen LogP) is 2.61. The minimum absolute atomic E-state index is 0.0163. The van der Waals surface area contributed by atoms with Crippen LogP contribution in [0.1, 0.15) is 51.3 Å². The summed E-state index contributed by atoms with van der Waals surface area (Å²) in [6.45, 7) is 1.05. The average Bonchev–Trinajstić information content (AvgIpc) is 3.33. The lowest BCUT2D eigenvalue weighted by Gasteiger charge is -2.26. The van der Waals surface area contributed by atoms with Crippen LogP contribution in [0, 0.1) is 0 Å². The molecule has 2 amide bonds. The van der Waals surface area contributed by atoms with Crippen LogP contribution in [0.2, 0.25) is 0 Å². The lowest BCUT2D eigenvalue weighted by Crippen LogP contribution is -2.37. The zero-order valence-electron chi connectivity index (χ0n) is 16.5. The Labute approximate surface area is 174 Å². The smallest absolute Gasteiger partial charge is 0.252 e. The molecule has 30 heavy (non-hydrogen) atoms. The van der Waals surface area contributed by atoms with Crippen molar-refractivity contribution >= 4 is 11.8 Å². The van der Waals surface area contributed by atoms with Crippen molar-refractivity contribution in [3.8, 4) is 0 Å². The molecule has 0 spiro atoms. The van der Waals surface area contributed by atoms with Crippen molar-refractivity contribution in [2.75, 3.05) is 6.54 Å². The van der Waals surface area contributed by atoms with E-state index in [0.717, 1.165) is 29.0 Å². The third-order valence-electron chi connectivity index (χ3n) is 5.74. The Hall–Kier alpha value is -3.48. The molecule has 1 N–H and O–H groups in total. The largest absolute Gasteiger partial charge is 0.445 e. The molecule has 0 saturated carbocycles. The van der Waals surface area contributed by atoms with Gasteiger partial charge in [0.1, 0.15) is 11.5 Å². The molecule has 152 valence electrons. The Kier molecular flexibility index (Phi) is 4.78. The van der Waals surface area contributed by atoms with Crippen molar-refractivity contribution in [1.29, 1.82) is 0 Å². The van der Waals surface area contributed by atoms with Crippen LogP contribution >= 0.6 is 0 Å². The van der Waals surface area contributed by atoms with Gasteiger partial charge in [-0.3, -0.25) is 14.6 Å². The number of rotatable bonds is 5. The summed E-state index contributed by atoms with van der Waals surface area (Å²) in [5.41, 5.74) is 3.54. The van der Waals surface area contributed by atoms with E-state index in [1.807, 2.05) is 41.4 Å². The first kappa shape index (κ1) is 18.5. The molecule has 1 aromatic carbocycles. The number of nitrogens with one attached hydrogen (secondary N) is 1. The van der Waals surface area contributed by atoms with Crippen LogP contribution in [0.15, 0.2) is 53.2 Å². The predicted molar refractivity (Wildman–Crippen MR) is 109 cm³/mol. The Bertz CT molecular complexity index is 1090. The number of hydrogen-bond acceptors (Lipinski definition) is 5. The number of aromatic nitrogens is 2. The number of pyridine rings is 1. The molecule has 0 bridgehead atoms. The number of oxazole rings is 1. The normalized spacial score (nSPS) is 17.4. The van der Waals surface area contributed by atoms with Gasteiger partial charge in [-0.25, -0.2) is 4.98 Å². The Morgan fingerprint density at radius 1 is 1.20 bits per heavy atom. The van der Waals surface area contributed by atoms with Crippen LogP contribution in [-0.2, 0) is 30.6 Å². The second-order valence-corrected chi connectivity index (χ2v) is 7.72. The van der Waals surface area contributed by atoms with Gasteiger partial charge in [-0.15, -0.1) is 0 Å². The van der Waals surface area contributed by atoms with Gasteiger partial charge in [0.05, 0.1) is 19.0 Å². The molecular formula is C23H22N4O3. The first-order valence-corrected chi connectivity index (χ1v) is 10.2. The molecule has 7 heteroatoms. The summed E-state index contributed by atoms with van der Waals surface area (Å²) in [5.74, 6) is 1.48. The zero-order valence-corrected chi connectivity index (χ0v) is 16.5. The standard InChI is InChI=1S/C23H22N4O3/c28-22(12-18-16-5-1-2-6-17(16)23(29)26-18)27-11-9-20-19(14-27)25-21(30-20)8-7-15-4-3-10-24-13-15/h1-6,10,13,18H,7-9,11-12,14H2,(H,26,29). The molecule has 1 atom stereocenters. The topological polar surface area (TPSA) is 88.3 Å². The maximum absolute atomic E-state index is 12.9. The minimum atomic E-state index is -0.269. The van der Waals surface area contributed by atoms with Crippen LogP contribution < -0.4 is 5.32 Å². The summed E-state index contributed by atoms with van der Waals surface area (Å²) in [6, 6.07) is 11.1. The fourth-order valence-corrected chi connectivity index (χ4v) is 4.16. The molecule has 0 saturated heterocycles. The van der Waals surface area contributed by atoms with Crippen molar-refractivity contribution in [3.05, 3.63) is 82.8 Å². The number of amides is 2. The Morgan fingerprint density at radius 2 is 2.10 bits per heavy atom. The molecule has 4 heterocycles. The third kappa shape index (κ3) is 3.58. The van der Waals surface area contributed by atoms with Gasteiger partial charge in [-0.1, -0.05) is 24.3 Å². The number of carbonyl (C=O) groups is 2. The highest BCUT2D eigenvalue weighted by Gasteiger charge is 2.32. The summed E-state index contributed by atoms with van der Waals surface area (Å²) < 4.78 is 5.92. The zero-order chi connectivity index (χ0) is 20.5. The van der Waals surface area contributed by atoms with E-state index in [9.17, 15) is 9.59 Å². The van der Waals surface area contributed by atoms with E-state index in [1.54, 1.807) is 12.3 Å². The van der Waals surface area contributed by atoms with Crippen molar-refractivity contribution in [2.24, 2.45) is 0 Å². The van der Waals surface area contributed by atoms with Crippen LogP contribution in [-0.4, -0.2) is 33.2 Å². The van der Waals surface area contributed by atoms with E-state index in [1.165, 1.54) is 0 Å². The van der Waals surface area contributed by atoms with Gasteiger partial charge in [0.2, 0.25) is 5.91 Å². The van der Waals surface area contributed by atoms with Gasteiger partial charge in [0, 0.05) is 37.3 Å². The molecule has 0 fully saturated rings. The average molecular weight is 402 g/mol. The maximum Gasteiger partial charge on any atom is 0.252 e. The Balaban J connectivity index is 1.22. The molecule has 2 aliphatic heterocycles. The van der Waals surface area contributed by atoms with Gasteiger partial charge in [-0.05, 0) is 29.7 Å². The van der Waals surface area contributed by atoms with Crippen molar-refractivity contribution in [2.45, 2.75) is 38.3 Å². The lowest BCUT2D eigenvalue weighted by molar-refractivity contribution is -0.132. The molecule has 2 aromatic heterocycles. The number of aryl methyl sites for hydroxylation is 2. The van der Waals surface area contributed by atoms with Crippen LogP contribution in [0.5, 0.6) is 0 Å². The second kappa shape index (κ2) is 7.74. The van der Waals surface area contributed by atoms with Gasteiger partial charge < -0.3 is 14.6 Å². The van der Waals surface area contributed by atoms with Crippen molar-refractivity contribution in [3.63, 3.8) is 0 Å². The molecular weight excluding hydrogens is 380 g/mol. The quantitative estimate of drug-likeness (QED) is 0.709. The van der Waals surface area contributed by atoms with E-state index < -0.39 is 0 Å². The van der Waals surface area contributed by atoms with Gasteiger partial charge >= 0.3 is 0 Å². The molecule has 2 aliphatic rings. The molecule has 1 unspecified atom stereocenters. The van der Waals surface area contributed by atoms with Gasteiger partial charge in [0.15, 0.2) is 5.89 Å².